The van der Waals surface area contributed by atoms with Crippen molar-refractivity contribution in [3.05, 3.63) is 36.5 Å². The Morgan fingerprint density at radius 1 is 0.286 bits per heavy atom. The van der Waals surface area contributed by atoms with Gasteiger partial charge in [-0.3, -0.25) is 14.4 Å². The summed E-state index contributed by atoms with van der Waals surface area (Å²) in [6, 6.07) is 0. The second kappa shape index (κ2) is 59.2. The van der Waals surface area contributed by atoms with Crippen LogP contribution in [0.4, 0.5) is 0 Å². The monoisotopic (exact) mass is 983 g/mol. The smallest absolute Gasteiger partial charge is 0.306 e. The first-order valence-electron chi connectivity index (χ1n) is 31.0. The SMILES string of the molecule is CCCCCC/C=C\C/C=C\CCCCCCCC(=O)OC(COC(=O)CCCCCCCCCCCCC/C=C\CCCCCCCCCC)COC(=O)CCCCCCCCCCCCCCC. The lowest BCUT2D eigenvalue weighted by Crippen LogP contribution is -2.30. The van der Waals surface area contributed by atoms with E-state index in [9.17, 15) is 14.4 Å². The molecule has 6 heteroatoms. The van der Waals surface area contributed by atoms with E-state index >= 15 is 0 Å². The molecule has 410 valence electrons. The number of allylic oxidation sites excluding steroid dienone is 6. The second-order valence-electron chi connectivity index (χ2n) is 21.0. The van der Waals surface area contributed by atoms with Crippen molar-refractivity contribution >= 4 is 17.9 Å². The van der Waals surface area contributed by atoms with Gasteiger partial charge in [0.1, 0.15) is 13.2 Å². The van der Waals surface area contributed by atoms with Crippen molar-refractivity contribution < 1.29 is 28.6 Å². The molecular weight excluding hydrogens is 865 g/mol. The zero-order chi connectivity index (χ0) is 50.7. The Morgan fingerprint density at radius 2 is 0.514 bits per heavy atom. The zero-order valence-electron chi connectivity index (χ0n) is 47.1. The number of rotatable bonds is 57. The number of ether oxygens (including phenoxy) is 3. The third kappa shape index (κ3) is 56.5. The fourth-order valence-electron chi connectivity index (χ4n) is 9.18. The third-order valence-corrected chi connectivity index (χ3v) is 13.9. The van der Waals surface area contributed by atoms with Crippen LogP contribution < -0.4 is 0 Å². The molecule has 1 atom stereocenters. The van der Waals surface area contributed by atoms with Crippen molar-refractivity contribution in [2.24, 2.45) is 0 Å². The van der Waals surface area contributed by atoms with Gasteiger partial charge < -0.3 is 14.2 Å². The summed E-state index contributed by atoms with van der Waals surface area (Å²) in [5, 5.41) is 0. The Balaban J connectivity index is 4.28. The summed E-state index contributed by atoms with van der Waals surface area (Å²) >= 11 is 0. The van der Waals surface area contributed by atoms with Crippen molar-refractivity contribution in [1.29, 1.82) is 0 Å². The Labute approximate surface area is 435 Å². The fourth-order valence-corrected chi connectivity index (χ4v) is 9.18. The molecular formula is C64H118O6. The minimum atomic E-state index is -0.777. The van der Waals surface area contributed by atoms with Crippen molar-refractivity contribution in [2.45, 2.75) is 341 Å². The normalized spacial score (nSPS) is 12.2. The average molecular weight is 984 g/mol. The maximum absolute atomic E-state index is 12.9. The van der Waals surface area contributed by atoms with Gasteiger partial charge in [0.15, 0.2) is 6.10 Å². The Morgan fingerprint density at radius 3 is 0.814 bits per heavy atom. The molecule has 0 aliphatic rings. The summed E-state index contributed by atoms with van der Waals surface area (Å²) in [4.78, 5) is 38.2. The first kappa shape index (κ1) is 67.6. The lowest BCUT2D eigenvalue weighted by Gasteiger charge is -2.18. The number of hydrogen-bond acceptors (Lipinski definition) is 6. The molecule has 0 bridgehead atoms. The van der Waals surface area contributed by atoms with Gasteiger partial charge in [0.05, 0.1) is 0 Å². The molecule has 0 saturated heterocycles. The first-order valence-corrected chi connectivity index (χ1v) is 31.0. The minimum absolute atomic E-state index is 0.0741. The largest absolute Gasteiger partial charge is 0.462 e. The lowest BCUT2D eigenvalue weighted by molar-refractivity contribution is -0.167. The topological polar surface area (TPSA) is 78.9 Å². The van der Waals surface area contributed by atoms with Crippen molar-refractivity contribution in [3.63, 3.8) is 0 Å². The van der Waals surface area contributed by atoms with Gasteiger partial charge >= 0.3 is 17.9 Å². The zero-order valence-corrected chi connectivity index (χ0v) is 47.1. The molecule has 0 aliphatic heterocycles. The number of hydrogen-bond donors (Lipinski definition) is 0. The summed E-state index contributed by atoms with van der Waals surface area (Å²) in [6.45, 7) is 6.66. The molecule has 0 fully saturated rings. The van der Waals surface area contributed by atoms with Crippen molar-refractivity contribution in [2.75, 3.05) is 13.2 Å². The van der Waals surface area contributed by atoms with Crippen LogP contribution >= 0.6 is 0 Å². The molecule has 0 heterocycles. The maximum atomic E-state index is 12.9. The van der Waals surface area contributed by atoms with Crippen LogP contribution in [-0.2, 0) is 28.6 Å². The van der Waals surface area contributed by atoms with Gasteiger partial charge in [0, 0.05) is 19.3 Å². The predicted octanol–water partition coefficient (Wildman–Crippen LogP) is 20.8. The van der Waals surface area contributed by atoms with Crippen LogP contribution in [-0.4, -0.2) is 37.2 Å². The summed E-state index contributed by atoms with van der Waals surface area (Å²) in [6.07, 6.45) is 71.4. The van der Waals surface area contributed by atoms with Crippen LogP contribution in [0.15, 0.2) is 36.5 Å². The van der Waals surface area contributed by atoms with E-state index in [1.807, 2.05) is 0 Å². The van der Waals surface area contributed by atoms with Crippen LogP contribution in [0.1, 0.15) is 335 Å². The highest BCUT2D eigenvalue weighted by molar-refractivity contribution is 5.71. The molecule has 6 nitrogen and oxygen atoms in total. The van der Waals surface area contributed by atoms with E-state index in [2.05, 4.69) is 57.2 Å². The van der Waals surface area contributed by atoms with Crippen LogP contribution in [0.5, 0.6) is 0 Å². The molecule has 0 rings (SSSR count). The molecule has 0 amide bonds. The molecule has 0 aromatic carbocycles. The number of carbonyl (C=O) groups is 3. The highest BCUT2D eigenvalue weighted by Gasteiger charge is 2.19. The maximum Gasteiger partial charge on any atom is 0.306 e. The summed E-state index contributed by atoms with van der Waals surface area (Å²) < 4.78 is 16.9. The van der Waals surface area contributed by atoms with Gasteiger partial charge in [0.2, 0.25) is 0 Å². The first-order chi connectivity index (χ1) is 34.5. The Hall–Kier alpha value is -2.37. The van der Waals surface area contributed by atoms with Crippen LogP contribution in [0, 0.1) is 0 Å². The van der Waals surface area contributed by atoms with E-state index in [-0.39, 0.29) is 31.1 Å². The number of unbranched alkanes of at least 4 members (excludes halogenated alkanes) is 40. The van der Waals surface area contributed by atoms with Gasteiger partial charge in [0.25, 0.3) is 0 Å². The number of carbonyl (C=O) groups excluding carboxylic acids is 3. The van der Waals surface area contributed by atoms with Gasteiger partial charge in [-0.15, -0.1) is 0 Å². The molecule has 0 aromatic heterocycles. The average Bonchev–Trinajstić information content (AvgIpc) is 3.36. The van der Waals surface area contributed by atoms with Crippen LogP contribution in [0.3, 0.4) is 0 Å². The summed E-state index contributed by atoms with van der Waals surface area (Å²) in [7, 11) is 0. The van der Waals surface area contributed by atoms with E-state index < -0.39 is 6.10 Å². The van der Waals surface area contributed by atoms with Gasteiger partial charge in [-0.1, -0.05) is 276 Å². The molecule has 0 aromatic rings. The summed E-state index contributed by atoms with van der Waals surface area (Å²) in [5.74, 6) is -0.869. The highest BCUT2D eigenvalue weighted by atomic mass is 16.6. The van der Waals surface area contributed by atoms with Gasteiger partial charge in [-0.25, -0.2) is 0 Å². The van der Waals surface area contributed by atoms with Crippen molar-refractivity contribution in [1.82, 2.24) is 0 Å². The van der Waals surface area contributed by atoms with Gasteiger partial charge in [-0.05, 0) is 77.0 Å². The lowest BCUT2D eigenvalue weighted by atomic mass is 10.0. The highest BCUT2D eigenvalue weighted by Crippen LogP contribution is 2.17. The van der Waals surface area contributed by atoms with E-state index in [1.54, 1.807) is 0 Å². The third-order valence-electron chi connectivity index (χ3n) is 13.9. The fraction of sp³-hybridized carbons (Fsp3) is 0.859. The predicted molar refractivity (Wildman–Crippen MR) is 302 cm³/mol. The van der Waals surface area contributed by atoms with Crippen molar-refractivity contribution in [3.8, 4) is 0 Å². The molecule has 0 N–H and O–H groups in total. The minimum Gasteiger partial charge on any atom is -0.462 e. The van der Waals surface area contributed by atoms with Crippen LogP contribution in [0.25, 0.3) is 0 Å². The Bertz CT molecular complexity index is 1170. The molecule has 1 unspecified atom stereocenters. The van der Waals surface area contributed by atoms with E-state index in [1.165, 1.54) is 212 Å². The molecule has 0 radical (unpaired) electrons. The Kier molecular flexibility index (Phi) is 57.2. The van der Waals surface area contributed by atoms with E-state index in [4.69, 9.17) is 14.2 Å². The molecule has 0 saturated carbocycles. The quantitative estimate of drug-likeness (QED) is 0.0261. The molecule has 0 spiro atoms. The second-order valence-corrected chi connectivity index (χ2v) is 21.0. The summed E-state index contributed by atoms with van der Waals surface area (Å²) in [5.41, 5.74) is 0. The van der Waals surface area contributed by atoms with E-state index in [0.29, 0.717) is 19.3 Å². The molecule has 70 heavy (non-hydrogen) atoms. The number of esters is 3. The van der Waals surface area contributed by atoms with E-state index in [0.717, 1.165) is 83.5 Å². The van der Waals surface area contributed by atoms with Gasteiger partial charge in [-0.2, -0.15) is 0 Å². The molecule has 0 aliphatic carbocycles. The van der Waals surface area contributed by atoms with Crippen LogP contribution in [0.2, 0.25) is 0 Å². The standard InChI is InChI=1S/C64H118O6/c1-4-7-10-13-16-19-22-25-27-29-30-31-32-33-34-35-37-39-42-45-48-51-54-57-63(66)69-60-61(59-68-62(65)56-53-50-47-44-41-38-24-21-18-15-12-9-6-3)70-64(67)58-55-52-49-46-43-40-36-28-26-23-20-17-14-11-8-5-2/h20,23,28-30,36,61H,4-19,21-22,24-27,31-35,37-60H2,1-3H3/b23-20-,30-29-,36-28-.